The summed E-state index contributed by atoms with van der Waals surface area (Å²) < 4.78 is 4.29. The highest BCUT2D eigenvalue weighted by molar-refractivity contribution is 9.10. The van der Waals surface area contributed by atoms with Gasteiger partial charge in [-0.1, -0.05) is 12.1 Å². The lowest BCUT2D eigenvalue weighted by molar-refractivity contribution is 0.549. The second-order valence-electron chi connectivity index (χ2n) is 3.79. The van der Waals surface area contributed by atoms with Gasteiger partial charge in [-0.05, 0) is 28.5 Å². The van der Waals surface area contributed by atoms with Crippen LogP contribution in [-0.2, 0) is 14.1 Å². The normalized spacial score (nSPS) is 12.9. The van der Waals surface area contributed by atoms with E-state index in [1.807, 2.05) is 26.4 Å². The summed E-state index contributed by atoms with van der Waals surface area (Å²) in [6, 6.07) is 1.99. The molecule has 17 heavy (non-hydrogen) atoms. The third-order valence-corrected chi connectivity index (χ3v) is 3.10. The Morgan fingerprint density at radius 3 is 2.71 bits per heavy atom. The van der Waals surface area contributed by atoms with E-state index in [0.717, 1.165) is 22.5 Å². The van der Waals surface area contributed by atoms with E-state index < -0.39 is 0 Å². The SMILES string of the molecule is CCNC(c1ccn(C)n1)c1c(Br)nnn1C. The van der Waals surface area contributed by atoms with Crippen molar-refractivity contribution in [3.8, 4) is 0 Å². The monoisotopic (exact) mass is 298 g/mol. The molecule has 2 rings (SSSR count). The molecular formula is C10H15BrN6. The van der Waals surface area contributed by atoms with E-state index in [1.165, 1.54) is 0 Å². The fraction of sp³-hybridized carbons (Fsp3) is 0.500. The van der Waals surface area contributed by atoms with Crippen molar-refractivity contribution in [2.24, 2.45) is 14.1 Å². The van der Waals surface area contributed by atoms with Crippen LogP contribution in [0.1, 0.15) is 24.4 Å². The van der Waals surface area contributed by atoms with Gasteiger partial charge in [0.2, 0.25) is 0 Å². The maximum atomic E-state index is 4.43. The molecule has 0 aliphatic heterocycles. The first kappa shape index (κ1) is 12.3. The molecule has 0 aliphatic carbocycles. The quantitative estimate of drug-likeness (QED) is 0.915. The largest absolute Gasteiger partial charge is 0.304 e. The number of aryl methyl sites for hydroxylation is 2. The minimum absolute atomic E-state index is 0.00410. The summed E-state index contributed by atoms with van der Waals surface area (Å²) in [7, 11) is 3.78. The maximum Gasteiger partial charge on any atom is 0.153 e. The number of rotatable bonds is 4. The number of hydrogen-bond donors (Lipinski definition) is 1. The van der Waals surface area contributed by atoms with Gasteiger partial charge < -0.3 is 5.32 Å². The van der Waals surface area contributed by atoms with E-state index in [2.05, 4.69) is 43.6 Å². The maximum absolute atomic E-state index is 4.43. The molecule has 0 amide bonds. The van der Waals surface area contributed by atoms with Gasteiger partial charge >= 0.3 is 0 Å². The molecule has 0 bridgehead atoms. The van der Waals surface area contributed by atoms with Crippen LogP contribution < -0.4 is 5.32 Å². The van der Waals surface area contributed by atoms with Crippen LogP contribution in [0.25, 0.3) is 0 Å². The van der Waals surface area contributed by atoms with Crippen LogP contribution in [0.5, 0.6) is 0 Å². The molecular weight excluding hydrogens is 284 g/mol. The Balaban J connectivity index is 2.42. The van der Waals surface area contributed by atoms with Crippen molar-refractivity contribution in [3.63, 3.8) is 0 Å². The highest BCUT2D eigenvalue weighted by Crippen LogP contribution is 2.25. The van der Waals surface area contributed by atoms with E-state index in [0.29, 0.717) is 0 Å². The first-order valence-electron chi connectivity index (χ1n) is 5.41. The summed E-state index contributed by atoms with van der Waals surface area (Å²) >= 11 is 3.42. The number of hydrogen-bond acceptors (Lipinski definition) is 4. The van der Waals surface area contributed by atoms with Gasteiger partial charge in [0.1, 0.15) is 0 Å². The molecule has 2 aromatic rings. The van der Waals surface area contributed by atoms with Crippen molar-refractivity contribution in [2.75, 3.05) is 6.54 Å². The average Bonchev–Trinajstić information content (AvgIpc) is 2.84. The van der Waals surface area contributed by atoms with Gasteiger partial charge in [0.05, 0.1) is 17.4 Å². The van der Waals surface area contributed by atoms with Gasteiger partial charge in [0.15, 0.2) is 4.60 Å². The third-order valence-electron chi connectivity index (χ3n) is 2.54. The van der Waals surface area contributed by atoms with Gasteiger partial charge in [-0.15, -0.1) is 5.10 Å². The van der Waals surface area contributed by atoms with Crippen LogP contribution in [0.3, 0.4) is 0 Å². The first-order valence-corrected chi connectivity index (χ1v) is 6.20. The summed E-state index contributed by atoms with van der Waals surface area (Å²) in [5, 5.41) is 15.8. The van der Waals surface area contributed by atoms with E-state index in [9.17, 15) is 0 Å². The molecule has 0 aromatic carbocycles. The van der Waals surface area contributed by atoms with Crippen LogP contribution in [0.4, 0.5) is 0 Å². The molecule has 92 valence electrons. The van der Waals surface area contributed by atoms with E-state index in [1.54, 1.807) is 9.36 Å². The summed E-state index contributed by atoms with van der Waals surface area (Å²) in [5.41, 5.74) is 1.94. The summed E-state index contributed by atoms with van der Waals surface area (Å²) in [4.78, 5) is 0. The zero-order valence-electron chi connectivity index (χ0n) is 10.1. The van der Waals surface area contributed by atoms with Crippen molar-refractivity contribution in [3.05, 3.63) is 28.3 Å². The second kappa shape index (κ2) is 4.97. The van der Waals surface area contributed by atoms with Crippen LogP contribution in [0.15, 0.2) is 16.9 Å². The number of nitrogens with one attached hydrogen (secondary N) is 1. The summed E-state index contributed by atoms with van der Waals surface area (Å²) in [6.45, 7) is 2.91. The Bertz CT molecular complexity index is 483. The highest BCUT2D eigenvalue weighted by Gasteiger charge is 2.22. The number of aromatic nitrogens is 5. The van der Waals surface area contributed by atoms with Gasteiger partial charge in [-0.2, -0.15) is 5.10 Å². The fourth-order valence-corrected chi connectivity index (χ4v) is 2.33. The Morgan fingerprint density at radius 1 is 1.47 bits per heavy atom. The Labute approximate surface area is 108 Å². The minimum atomic E-state index is -0.00410. The average molecular weight is 299 g/mol. The molecule has 6 nitrogen and oxygen atoms in total. The third kappa shape index (κ3) is 2.39. The molecule has 0 saturated heterocycles. The van der Waals surface area contributed by atoms with Crippen LogP contribution in [0.2, 0.25) is 0 Å². The van der Waals surface area contributed by atoms with Crippen molar-refractivity contribution in [2.45, 2.75) is 13.0 Å². The van der Waals surface area contributed by atoms with Crippen LogP contribution >= 0.6 is 15.9 Å². The Hall–Kier alpha value is -1.21. The van der Waals surface area contributed by atoms with E-state index >= 15 is 0 Å². The lowest BCUT2D eigenvalue weighted by atomic mass is 10.1. The molecule has 0 aliphatic rings. The molecule has 1 unspecified atom stereocenters. The molecule has 2 heterocycles. The zero-order valence-corrected chi connectivity index (χ0v) is 11.6. The van der Waals surface area contributed by atoms with Crippen LogP contribution in [0, 0.1) is 0 Å². The van der Waals surface area contributed by atoms with Gasteiger partial charge in [0, 0.05) is 20.3 Å². The standard InChI is InChI=1S/C10H15BrN6/c1-4-12-8(7-5-6-16(2)14-7)9-10(11)13-15-17(9)3/h5-6,8,12H,4H2,1-3H3. The van der Waals surface area contributed by atoms with E-state index in [-0.39, 0.29) is 6.04 Å². The molecule has 7 heteroatoms. The van der Waals surface area contributed by atoms with Gasteiger partial charge in [0.25, 0.3) is 0 Å². The predicted octanol–water partition coefficient (Wildman–Crippen LogP) is 1.01. The first-order chi connectivity index (χ1) is 8.13. The van der Waals surface area contributed by atoms with Crippen molar-refractivity contribution < 1.29 is 0 Å². The van der Waals surface area contributed by atoms with Crippen LogP contribution in [-0.4, -0.2) is 31.3 Å². The molecule has 1 atom stereocenters. The summed E-state index contributed by atoms with van der Waals surface area (Å²) in [5.74, 6) is 0. The Kier molecular flexibility index (Phi) is 3.58. The molecule has 0 spiro atoms. The second-order valence-corrected chi connectivity index (χ2v) is 4.55. The molecule has 0 saturated carbocycles. The fourth-order valence-electron chi connectivity index (χ4n) is 1.78. The van der Waals surface area contributed by atoms with Crippen molar-refractivity contribution in [1.29, 1.82) is 0 Å². The smallest absolute Gasteiger partial charge is 0.153 e. The number of nitrogens with zero attached hydrogens (tertiary/aromatic N) is 5. The van der Waals surface area contributed by atoms with Gasteiger partial charge in [-0.25, -0.2) is 4.68 Å². The summed E-state index contributed by atoms with van der Waals surface area (Å²) in [6.07, 6.45) is 1.93. The molecule has 1 N–H and O–H groups in total. The lowest BCUT2D eigenvalue weighted by Gasteiger charge is -2.15. The molecule has 0 radical (unpaired) electrons. The van der Waals surface area contributed by atoms with E-state index in [4.69, 9.17) is 0 Å². The molecule has 2 aromatic heterocycles. The molecule has 0 fully saturated rings. The highest BCUT2D eigenvalue weighted by atomic mass is 79.9. The zero-order chi connectivity index (χ0) is 12.4. The number of halogens is 1. The van der Waals surface area contributed by atoms with Crippen molar-refractivity contribution in [1.82, 2.24) is 30.1 Å². The minimum Gasteiger partial charge on any atom is -0.304 e. The Morgan fingerprint density at radius 2 is 2.24 bits per heavy atom. The van der Waals surface area contributed by atoms with Gasteiger partial charge in [-0.3, -0.25) is 4.68 Å². The lowest BCUT2D eigenvalue weighted by Crippen LogP contribution is -2.25. The van der Waals surface area contributed by atoms with Crippen molar-refractivity contribution >= 4 is 15.9 Å². The predicted molar refractivity (Wildman–Crippen MR) is 67.4 cm³/mol. The topological polar surface area (TPSA) is 60.6 Å².